The van der Waals surface area contributed by atoms with Gasteiger partial charge in [0.1, 0.15) is 0 Å². The van der Waals surface area contributed by atoms with Crippen LogP contribution in [-0.2, 0) is 23.6 Å². The van der Waals surface area contributed by atoms with Gasteiger partial charge in [0.2, 0.25) is 5.91 Å². The average Bonchev–Trinajstić information content (AvgIpc) is 3.18. The number of hydrogen-bond acceptors (Lipinski definition) is 3. The van der Waals surface area contributed by atoms with Gasteiger partial charge in [-0.2, -0.15) is 11.8 Å². The predicted octanol–water partition coefficient (Wildman–Crippen LogP) is 4.22. The maximum atomic E-state index is 12.1. The number of nitrogens with one attached hydrogen (secondary N) is 1. The van der Waals surface area contributed by atoms with Gasteiger partial charge in [-0.25, -0.2) is 0 Å². The van der Waals surface area contributed by atoms with Crippen LogP contribution in [-0.4, -0.2) is 29.6 Å². The van der Waals surface area contributed by atoms with Crippen molar-refractivity contribution in [2.24, 2.45) is 0 Å². The van der Waals surface area contributed by atoms with Gasteiger partial charge in [0.25, 0.3) is 0 Å². The molecule has 2 aromatic carbocycles. The minimum Gasteiger partial charge on any atom is -0.352 e. The number of carbonyl (C=O) groups excluding carboxylic acids is 1. The molecule has 2 aromatic rings. The van der Waals surface area contributed by atoms with E-state index in [0.717, 1.165) is 18.1 Å². The van der Waals surface area contributed by atoms with Crippen LogP contribution in [0, 0.1) is 0 Å². The number of carbonyl (C=O) groups is 1. The lowest BCUT2D eigenvalue weighted by Gasteiger charge is -2.15. The molecule has 0 bridgehead atoms. The summed E-state index contributed by atoms with van der Waals surface area (Å²) in [6, 6.07) is 19.0. The molecule has 0 aliphatic carbocycles. The smallest absolute Gasteiger partial charge is 0.221 e. The van der Waals surface area contributed by atoms with Crippen LogP contribution in [0.2, 0.25) is 0 Å². The van der Waals surface area contributed by atoms with Crippen molar-refractivity contribution in [1.82, 2.24) is 10.2 Å². The molecule has 0 atom stereocenters. The number of nitrogens with zero attached hydrogens (tertiary/aromatic N) is 1. The first kappa shape index (κ1) is 19.0. The van der Waals surface area contributed by atoms with Crippen molar-refractivity contribution in [3.63, 3.8) is 0 Å². The minimum atomic E-state index is 0.135. The van der Waals surface area contributed by atoms with Gasteiger partial charge >= 0.3 is 0 Å². The van der Waals surface area contributed by atoms with Crippen LogP contribution in [0.15, 0.2) is 54.6 Å². The van der Waals surface area contributed by atoms with E-state index in [2.05, 4.69) is 58.7 Å². The van der Waals surface area contributed by atoms with E-state index in [9.17, 15) is 4.79 Å². The third kappa shape index (κ3) is 6.50. The largest absolute Gasteiger partial charge is 0.352 e. The molecule has 0 saturated carbocycles. The van der Waals surface area contributed by atoms with Crippen molar-refractivity contribution in [2.45, 2.75) is 38.1 Å². The van der Waals surface area contributed by atoms with Crippen molar-refractivity contribution in [1.29, 1.82) is 0 Å². The number of hydrogen-bond donors (Lipinski definition) is 1. The summed E-state index contributed by atoms with van der Waals surface area (Å²) in [5.74, 6) is 1.96. The molecule has 0 radical (unpaired) electrons. The summed E-state index contributed by atoms with van der Waals surface area (Å²) < 4.78 is 0. The Bertz CT molecular complexity index is 684. The van der Waals surface area contributed by atoms with Crippen molar-refractivity contribution >= 4 is 17.7 Å². The lowest BCUT2D eigenvalue weighted by atomic mass is 10.1. The van der Waals surface area contributed by atoms with Gasteiger partial charge in [0.05, 0.1) is 0 Å². The second kappa shape index (κ2) is 10.4. The molecule has 1 saturated heterocycles. The topological polar surface area (TPSA) is 32.3 Å². The normalized spacial score (nSPS) is 14.5. The zero-order chi connectivity index (χ0) is 18.0. The second-order valence-electron chi connectivity index (χ2n) is 6.87. The zero-order valence-corrected chi connectivity index (χ0v) is 16.1. The van der Waals surface area contributed by atoms with Gasteiger partial charge in [-0.1, -0.05) is 54.6 Å². The van der Waals surface area contributed by atoms with E-state index in [1.165, 1.54) is 42.6 Å². The lowest BCUT2D eigenvalue weighted by molar-refractivity contribution is -0.120. The van der Waals surface area contributed by atoms with Crippen molar-refractivity contribution in [3.8, 4) is 0 Å². The van der Waals surface area contributed by atoms with E-state index in [1.54, 1.807) is 0 Å². The molecule has 0 aromatic heterocycles. The first-order valence-electron chi connectivity index (χ1n) is 9.48. The van der Waals surface area contributed by atoms with E-state index < -0.39 is 0 Å². The van der Waals surface area contributed by atoms with Gasteiger partial charge < -0.3 is 5.32 Å². The van der Waals surface area contributed by atoms with Gasteiger partial charge in [0.15, 0.2) is 0 Å². The highest BCUT2D eigenvalue weighted by Gasteiger charge is 2.11. The molecule has 26 heavy (non-hydrogen) atoms. The van der Waals surface area contributed by atoms with Gasteiger partial charge in [-0.15, -0.1) is 0 Å². The maximum absolute atomic E-state index is 12.1. The highest BCUT2D eigenvalue weighted by molar-refractivity contribution is 7.98. The van der Waals surface area contributed by atoms with Crippen LogP contribution in [0.1, 0.15) is 36.0 Å². The minimum absolute atomic E-state index is 0.135. The summed E-state index contributed by atoms with van der Waals surface area (Å²) in [7, 11) is 0. The molecule has 0 spiro atoms. The lowest BCUT2D eigenvalue weighted by Crippen LogP contribution is -2.23. The second-order valence-corrected chi connectivity index (χ2v) is 7.97. The third-order valence-corrected chi connectivity index (χ3v) is 5.70. The summed E-state index contributed by atoms with van der Waals surface area (Å²) >= 11 is 1.81. The third-order valence-electron chi connectivity index (χ3n) is 4.67. The molecule has 1 aliphatic rings. The highest BCUT2D eigenvalue weighted by Crippen LogP contribution is 2.14. The Balaban J connectivity index is 1.34. The fourth-order valence-electron chi connectivity index (χ4n) is 3.26. The van der Waals surface area contributed by atoms with Gasteiger partial charge in [0, 0.05) is 31.0 Å². The van der Waals surface area contributed by atoms with Crippen LogP contribution < -0.4 is 5.32 Å². The average molecular weight is 369 g/mol. The van der Waals surface area contributed by atoms with Crippen LogP contribution >= 0.6 is 11.8 Å². The fraction of sp³-hybridized carbons (Fsp3) is 0.409. The molecular weight excluding hydrogens is 340 g/mol. The number of rotatable bonds is 9. The maximum Gasteiger partial charge on any atom is 0.221 e. The van der Waals surface area contributed by atoms with E-state index >= 15 is 0 Å². The molecule has 1 amide bonds. The summed E-state index contributed by atoms with van der Waals surface area (Å²) in [5.41, 5.74) is 3.84. The van der Waals surface area contributed by atoms with E-state index in [4.69, 9.17) is 0 Å². The van der Waals surface area contributed by atoms with Crippen LogP contribution in [0.25, 0.3) is 0 Å². The molecule has 3 nitrogen and oxygen atoms in total. The highest BCUT2D eigenvalue weighted by atomic mass is 32.2. The standard InChI is InChI=1S/C22H28N2OS/c25-22(11-14-26-18-19-7-2-1-3-8-19)23-16-20-9-6-10-21(15-20)17-24-12-4-5-13-24/h1-3,6-10,15H,4-5,11-14,16-18H2,(H,23,25). The first-order valence-corrected chi connectivity index (χ1v) is 10.6. The van der Waals surface area contributed by atoms with Gasteiger partial charge in [-0.3, -0.25) is 9.69 Å². The van der Waals surface area contributed by atoms with E-state index in [0.29, 0.717) is 13.0 Å². The number of likely N-dealkylation sites (tertiary alicyclic amines) is 1. The molecule has 3 rings (SSSR count). The van der Waals surface area contributed by atoms with E-state index in [-0.39, 0.29) is 5.91 Å². The molecule has 1 N–H and O–H groups in total. The van der Waals surface area contributed by atoms with Crippen molar-refractivity contribution in [3.05, 3.63) is 71.3 Å². The molecule has 1 heterocycles. The Morgan fingerprint density at radius 2 is 1.69 bits per heavy atom. The first-order chi connectivity index (χ1) is 12.8. The van der Waals surface area contributed by atoms with Crippen LogP contribution in [0.3, 0.4) is 0 Å². The Kier molecular flexibility index (Phi) is 7.59. The molecule has 1 aliphatic heterocycles. The Morgan fingerprint density at radius 1 is 0.962 bits per heavy atom. The van der Waals surface area contributed by atoms with Crippen molar-refractivity contribution in [2.75, 3.05) is 18.8 Å². The number of thioether (sulfide) groups is 1. The fourth-order valence-corrected chi connectivity index (χ4v) is 4.16. The summed E-state index contributed by atoms with van der Waals surface area (Å²) in [5, 5.41) is 3.05. The zero-order valence-electron chi connectivity index (χ0n) is 15.3. The Labute approximate surface area is 161 Å². The molecule has 4 heteroatoms. The molecule has 1 fully saturated rings. The van der Waals surface area contributed by atoms with E-state index in [1.807, 2.05) is 17.8 Å². The Morgan fingerprint density at radius 3 is 2.50 bits per heavy atom. The molecule has 0 unspecified atom stereocenters. The SMILES string of the molecule is O=C(CCSCc1ccccc1)NCc1cccc(CN2CCCC2)c1. The Hall–Kier alpha value is -1.78. The van der Waals surface area contributed by atoms with Crippen LogP contribution in [0.4, 0.5) is 0 Å². The summed E-state index contributed by atoms with van der Waals surface area (Å²) in [6.07, 6.45) is 3.21. The summed E-state index contributed by atoms with van der Waals surface area (Å²) in [6.45, 7) is 4.07. The number of amides is 1. The van der Waals surface area contributed by atoms with Crippen LogP contribution in [0.5, 0.6) is 0 Å². The van der Waals surface area contributed by atoms with Crippen molar-refractivity contribution < 1.29 is 4.79 Å². The predicted molar refractivity (Wildman–Crippen MR) is 110 cm³/mol. The quantitative estimate of drug-likeness (QED) is 0.673. The monoisotopic (exact) mass is 368 g/mol. The molecular formula is C22H28N2OS. The summed E-state index contributed by atoms with van der Waals surface area (Å²) in [4.78, 5) is 14.6. The molecule has 138 valence electrons. The van der Waals surface area contributed by atoms with Gasteiger partial charge in [-0.05, 0) is 42.6 Å². The number of benzene rings is 2.